The maximum atomic E-state index is 10.4. The van der Waals surface area contributed by atoms with Crippen molar-refractivity contribution in [3.05, 3.63) is 0 Å². The van der Waals surface area contributed by atoms with Crippen LogP contribution in [0.2, 0.25) is 0 Å². The number of aliphatic hydroxyl groups is 1. The molecule has 0 aliphatic heterocycles. The van der Waals surface area contributed by atoms with E-state index in [0.29, 0.717) is 12.5 Å². The van der Waals surface area contributed by atoms with E-state index in [1.807, 2.05) is 0 Å². The molecule has 2 heteroatoms. The van der Waals surface area contributed by atoms with Crippen molar-refractivity contribution in [2.75, 3.05) is 6.54 Å². The number of hydrogen-bond acceptors (Lipinski definition) is 2. The molecule has 1 rings (SSSR count). The minimum atomic E-state index is -0.205. The van der Waals surface area contributed by atoms with Gasteiger partial charge in [0.1, 0.15) is 0 Å². The Morgan fingerprint density at radius 3 is 2.53 bits per heavy atom. The van der Waals surface area contributed by atoms with Crippen molar-refractivity contribution in [1.82, 2.24) is 0 Å². The first-order valence-electron chi connectivity index (χ1n) is 6.47. The van der Waals surface area contributed by atoms with Crippen LogP contribution in [-0.2, 0) is 0 Å². The summed E-state index contributed by atoms with van der Waals surface area (Å²) in [7, 11) is 0. The van der Waals surface area contributed by atoms with Crippen LogP contribution in [-0.4, -0.2) is 17.8 Å². The van der Waals surface area contributed by atoms with Gasteiger partial charge in [-0.15, -0.1) is 0 Å². The molecule has 0 aromatic carbocycles. The highest BCUT2D eigenvalue weighted by Gasteiger charge is 2.44. The first kappa shape index (κ1) is 13.0. The van der Waals surface area contributed by atoms with E-state index in [2.05, 4.69) is 20.8 Å². The van der Waals surface area contributed by atoms with Gasteiger partial charge in [-0.25, -0.2) is 0 Å². The Bertz CT molecular complexity index is 195. The van der Waals surface area contributed by atoms with Crippen LogP contribution in [0.4, 0.5) is 0 Å². The summed E-state index contributed by atoms with van der Waals surface area (Å²) in [6.07, 6.45) is 5.57. The van der Waals surface area contributed by atoms with Crippen molar-refractivity contribution >= 4 is 0 Å². The molecule has 0 heterocycles. The predicted molar refractivity (Wildman–Crippen MR) is 64.6 cm³/mol. The molecule has 90 valence electrons. The van der Waals surface area contributed by atoms with E-state index in [-0.39, 0.29) is 11.5 Å². The highest BCUT2D eigenvalue weighted by atomic mass is 16.3. The first-order chi connectivity index (χ1) is 7.09. The second-order valence-corrected chi connectivity index (χ2v) is 5.41. The molecular weight excluding hydrogens is 186 g/mol. The van der Waals surface area contributed by atoms with Gasteiger partial charge in [0.25, 0.3) is 0 Å². The summed E-state index contributed by atoms with van der Waals surface area (Å²) in [6, 6.07) is 0. The summed E-state index contributed by atoms with van der Waals surface area (Å²) < 4.78 is 0. The standard InChI is InChI=1S/C13H27NO/c1-4-10(3)12(15)13(9-14)7-6-11(5-2)8-13/h10-12,15H,4-9,14H2,1-3H3. The highest BCUT2D eigenvalue weighted by molar-refractivity contribution is 4.96. The van der Waals surface area contributed by atoms with Crippen molar-refractivity contribution in [2.45, 2.75) is 59.0 Å². The van der Waals surface area contributed by atoms with Crippen molar-refractivity contribution in [2.24, 2.45) is 23.0 Å². The molecule has 0 spiro atoms. The van der Waals surface area contributed by atoms with Gasteiger partial charge in [0, 0.05) is 12.0 Å². The molecule has 15 heavy (non-hydrogen) atoms. The van der Waals surface area contributed by atoms with E-state index in [1.54, 1.807) is 0 Å². The van der Waals surface area contributed by atoms with Crippen molar-refractivity contribution in [1.29, 1.82) is 0 Å². The Morgan fingerprint density at radius 2 is 2.13 bits per heavy atom. The van der Waals surface area contributed by atoms with Crippen LogP contribution >= 0.6 is 0 Å². The summed E-state index contributed by atoms with van der Waals surface area (Å²) in [5.41, 5.74) is 5.94. The van der Waals surface area contributed by atoms with Gasteiger partial charge >= 0.3 is 0 Å². The van der Waals surface area contributed by atoms with Gasteiger partial charge in [-0.1, -0.05) is 33.6 Å². The summed E-state index contributed by atoms with van der Waals surface area (Å²) in [4.78, 5) is 0. The fourth-order valence-electron chi connectivity index (χ4n) is 3.02. The Kier molecular flexibility index (Phi) is 4.60. The second-order valence-electron chi connectivity index (χ2n) is 5.41. The average Bonchev–Trinajstić information content (AvgIpc) is 2.71. The lowest BCUT2D eigenvalue weighted by atomic mass is 9.74. The van der Waals surface area contributed by atoms with Crippen LogP contribution < -0.4 is 5.73 Å². The Balaban J connectivity index is 2.69. The molecule has 0 radical (unpaired) electrons. The molecule has 0 saturated heterocycles. The maximum Gasteiger partial charge on any atom is 0.0633 e. The number of hydrogen-bond donors (Lipinski definition) is 2. The molecule has 3 N–H and O–H groups in total. The fraction of sp³-hybridized carbons (Fsp3) is 1.00. The van der Waals surface area contributed by atoms with E-state index < -0.39 is 0 Å². The number of nitrogens with two attached hydrogens (primary N) is 1. The predicted octanol–water partition coefficient (Wildman–Crippen LogP) is 2.55. The molecule has 4 unspecified atom stereocenters. The summed E-state index contributed by atoms with van der Waals surface area (Å²) in [6.45, 7) is 7.17. The molecule has 2 nitrogen and oxygen atoms in total. The third-order valence-corrected chi connectivity index (χ3v) is 4.54. The lowest BCUT2D eigenvalue weighted by molar-refractivity contribution is -0.00940. The van der Waals surface area contributed by atoms with Crippen molar-refractivity contribution in [3.8, 4) is 0 Å². The fourth-order valence-corrected chi connectivity index (χ4v) is 3.02. The summed E-state index contributed by atoms with van der Waals surface area (Å²) >= 11 is 0. The monoisotopic (exact) mass is 213 g/mol. The minimum absolute atomic E-state index is 0.0239. The molecule has 0 aromatic rings. The molecule has 0 bridgehead atoms. The van der Waals surface area contributed by atoms with Crippen LogP contribution in [0.25, 0.3) is 0 Å². The van der Waals surface area contributed by atoms with Gasteiger partial charge in [0.15, 0.2) is 0 Å². The largest absolute Gasteiger partial charge is 0.392 e. The molecule has 1 aliphatic carbocycles. The smallest absolute Gasteiger partial charge is 0.0633 e. The zero-order valence-corrected chi connectivity index (χ0v) is 10.5. The van der Waals surface area contributed by atoms with Gasteiger partial charge in [0.05, 0.1) is 6.10 Å². The van der Waals surface area contributed by atoms with Gasteiger partial charge in [-0.3, -0.25) is 0 Å². The third-order valence-electron chi connectivity index (χ3n) is 4.54. The molecule has 1 fully saturated rings. The quantitative estimate of drug-likeness (QED) is 0.737. The molecule has 1 saturated carbocycles. The molecule has 0 aromatic heterocycles. The van der Waals surface area contributed by atoms with E-state index >= 15 is 0 Å². The van der Waals surface area contributed by atoms with Crippen LogP contribution in [0.3, 0.4) is 0 Å². The van der Waals surface area contributed by atoms with Crippen LogP contribution in [0.15, 0.2) is 0 Å². The molecular formula is C13H27NO. The maximum absolute atomic E-state index is 10.4. The first-order valence-corrected chi connectivity index (χ1v) is 6.47. The molecule has 1 aliphatic rings. The number of aliphatic hydroxyl groups excluding tert-OH is 1. The zero-order valence-electron chi connectivity index (χ0n) is 10.5. The zero-order chi connectivity index (χ0) is 11.5. The minimum Gasteiger partial charge on any atom is -0.392 e. The normalized spacial score (nSPS) is 35.4. The van der Waals surface area contributed by atoms with Crippen LogP contribution in [0.5, 0.6) is 0 Å². The van der Waals surface area contributed by atoms with Crippen LogP contribution in [0.1, 0.15) is 52.9 Å². The van der Waals surface area contributed by atoms with Crippen LogP contribution in [0, 0.1) is 17.3 Å². The summed E-state index contributed by atoms with van der Waals surface area (Å²) in [5.74, 6) is 1.16. The van der Waals surface area contributed by atoms with Gasteiger partial charge in [-0.05, 0) is 31.1 Å². The molecule has 0 amide bonds. The lowest BCUT2D eigenvalue weighted by Gasteiger charge is -2.36. The van der Waals surface area contributed by atoms with E-state index in [4.69, 9.17) is 5.73 Å². The Hall–Kier alpha value is -0.0800. The van der Waals surface area contributed by atoms with E-state index in [1.165, 1.54) is 12.8 Å². The molecule has 4 atom stereocenters. The lowest BCUT2D eigenvalue weighted by Crippen LogP contribution is -2.43. The van der Waals surface area contributed by atoms with Crippen molar-refractivity contribution < 1.29 is 5.11 Å². The van der Waals surface area contributed by atoms with Gasteiger partial charge in [0.2, 0.25) is 0 Å². The second kappa shape index (κ2) is 5.31. The number of rotatable bonds is 5. The van der Waals surface area contributed by atoms with E-state index in [0.717, 1.165) is 25.2 Å². The summed E-state index contributed by atoms with van der Waals surface area (Å²) in [5, 5.41) is 10.4. The Labute approximate surface area is 94.2 Å². The Morgan fingerprint density at radius 1 is 1.47 bits per heavy atom. The highest BCUT2D eigenvalue weighted by Crippen LogP contribution is 2.46. The van der Waals surface area contributed by atoms with Gasteiger partial charge in [-0.2, -0.15) is 0 Å². The van der Waals surface area contributed by atoms with E-state index in [9.17, 15) is 5.11 Å². The average molecular weight is 213 g/mol. The van der Waals surface area contributed by atoms with Gasteiger partial charge < -0.3 is 10.8 Å². The van der Waals surface area contributed by atoms with Crippen molar-refractivity contribution in [3.63, 3.8) is 0 Å². The third kappa shape index (κ3) is 2.54. The topological polar surface area (TPSA) is 46.2 Å². The SMILES string of the molecule is CCC1CCC(CN)(C(O)C(C)CC)C1.